The number of carbonyl (C=O) groups excluding carboxylic acids is 1. The highest BCUT2D eigenvalue weighted by atomic mass is 16.7. The van der Waals surface area contributed by atoms with Crippen molar-refractivity contribution < 1.29 is 49.3 Å². The summed E-state index contributed by atoms with van der Waals surface area (Å²) < 4.78 is 21.4. The Hall–Kier alpha value is -3.35. The Balaban J connectivity index is 1.61. The minimum atomic E-state index is -1.58. The predicted molar refractivity (Wildman–Crippen MR) is 128 cm³/mol. The SMILES string of the molecule is COc1cc(CCNC(=O)/C=C/c2ccc(OC)c(O[C@@H]3O[C@H](CO)[C@@H](O)[C@@H](O)[C@H]3O)c2)ccc1O. The number of aliphatic hydroxyl groups excluding tert-OH is 4. The van der Waals surface area contributed by atoms with Crippen LogP contribution in [-0.4, -0.2) is 89.5 Å². The third-order valence-electron chi connectivity index (χ3n) is 5.66. The van der Waals surface area contributed by atoms with Gasteiger partial charge in [0.15, 0.2) is 23.0 Å². The molecule has 0 aromatic heterocycles. The first-order valence-electron chi connectivity index (χ1n) is 11.2. The summed E-state index contributed by atoms with van der Waals surface area (Å²) >= 11 is 0. The van der Waals surface area contributed by atoms with Crippen LogP contribution < -0.4 is 19.5 Å². The molecule has 11 nitrogen and oxygen atoms in total. The zero-order chi connectivity index (χ0) is 26.2. The van der Waals surface area contributed by atoms with Gasteiger partial charge in [0.2, 0.25) is 12.2 Å². The molecule has 0 aliphatic carbocycles. The van der Waals surface area contributed by atoms with Gasteiger partial charge in [0, 0.05) is 12.6 Å². The van der Waals surface area contributed by atoms with E-state index in [1.165, 1.54) is 26.4 Å². The lowest BCUT2D eigenvalue weighted by molar-refractivity contribution is -0.277. The Kier molecular flexibility index (Phi) is 9.51. The molecule has 196 valence electrons. The minimum absolute atomic E-state index is 0.0441. The van der Waals surface area contributed by atoms with Crippen molar-refractivity contribution in [1.82, 2.24) is 5.32 Å². The van der Waals surface area contributed by atoms with Gasteiger partial charge in [-0.25, -0.2) is 0 Å². The number of benzene rings is 2. The Morgan fingerprint density at radius 3 is 2.44 bits per heavy atom. The van der Waals surface area contributed by atoms with Gasteiger partial charge in [0.25, 0.3) is 0 Å². The Morgan fingerprint density at radius 2 is 1.75 bits per heavy atom. The second kappa shape index (κ2) is 12.6. The fraction of sp³-hybridized carbons (Fsp3) is 0.400. The zero-order valence-corrected chi connectivity index (χ0v) is 19.9. The van der Waals surface area contributed by atoms with E-state index in [4.69, 9.17) is 18.9 Å². The van der Waals surface area contributed by atoms with Crippen LogP contribution in [0.2, 0.25) is 0 Å². The zero-order valence-electron chi connectivity index (χ0n) is 19.9. The van der Waals surface area contributed by atoms with Crippen LogP contribution in [-0.2, 0) is 16.0 Å². The van der Waals surface area contributed by atoms with E-state index in [1.54, 1.807) is 36.4 Å². The molecule has 1 aliphatic heterocycles. The molecular formula is C25H31NO10. The van der Waals surface area contributed by atoms with Crippen molar-refractivity contribution in [3.05, 3.63) is 53.6 Å². The lowest BCUT2D eigenvalue weighted by atomic mass is 9.99. The van der Waals surface area contributed by atoms with Crippen molar-refractivity contribution in [2.24, 2.45) is 0 Å². The number of nitrogens with one attached hydrogen (secondary N) is 1. The van der Waals surface area contributed by atoms with Gasteiger partial charge in [-0.2, -0.15) is 0 Å². The average molecular weight is 506 g/mol. The number of methoxy groups -OCH3 is 2. The van der Waals surface area contributed by atoms with Crippen LogP contribution >= 0.6 is 0 Å². The maximum atomic E-state index is 12.2. The van der Waals surface area contributed by atoms with E-state index in [-0.39, 0.29) is 17.4 Å². The van der Waals surface area contributed by atoms with Crippen LogP contribution in [0.1, 0.15) is 11.1 Å². The highest BCUT2D eigenvalue weighted by molar-refractivity contribution is 5.91. The number of ether oxygens (including phenoxy) is 4. The molecule has 0 saturated carbocycles. The first-order valence-corrected chi connectivity index (χ1v) is 11.2. The largest absolute Gasteiger partial charge is 0.504 e. The molecule has 1 saturated heterocycles. The van der Waals surface area contributed by atoms with E-state index in [0.29, 0.717) is 30.0 Å². The molecule has 3 rings (SSSR count). The van der Waals surface area contributed by atoms with E-state index in [9.17, 15) is 30.3 Å². The van der Waals surface area contributed by atoms with Crippen LogP contribution in [0.15, 0.2) is 42.5 Å². The second-order valence-electron chi connectivity index (χ2n) is 8.11. The molecule has 11 heteroatoms. The lowest BCUT2D eigenvalue weighted by Crippen LogP contribution is -2.60. The molecule has 1 aliphatic rings. The number of amides is 1. The highest BCUT2D eigenvalue weighted by Crippen LogP contribution is 2.32. The summed E-state index contributed by atoms with van der Waals surface area (Å²) in [5.41, 5.74) is 1.47. The normalized spacial score (nSPS) is 23.9. The molecule has 0 radical (unpaired) electrons. The summed E-state index contributed by atoms with van der Waals surface area (Å²) in [5.74, 6) is 0.541. The lowest BCUT2D eigenvalue weighted by Gasteiger charge is -2.39. The number of aromatic hydroxyl groups is 1. The molecule has 36 heavy (non-hydrogen) atoms. The number of rotatable bonds is 10. The standard InChI is InChI=1S/C25H31NO10/c1-33-17-7-4-14(12-19(17)35-25-24(32)23(31)22(30)20(13-27)36-25)5-8-21(29)26-10-9-15-3-6-16(28)18(11-15)34-2/h3-8,11-12,20,22-25,27-28,30-32H,9-10,13H2,1-2H3,(H,26,29)/b8-5+/t20-,22-,23-,24-,25-/m1/s1. The molecule has 1 fully saturated rings. The van der Waals surface area contributed by atoms with Crippen LogP contribution in [0.4, 0.5) is 0 Å². The summed E-state index contributed by atoms with van der Waals surface area (Å²) in [7, 11) is 2.88. The fourth-order valence-electron chi connectivity index (χ4n) is 3.62. The predicted octanol–water partition coefficient (Wildman–Crippen LogP) is -0.0398. The molecule has 5 atom stereocenters. The summed E-state index contributed by atoms with van der Waals surface area (Å²) in [6, 6.07) is 9.80. The van der Waals surface area contributed by atoms with E-state index >= 15 is 0 Å². The molecular weight excluding hydrogens is 474 g/mol. The number of phenols is 1. The van der Waals surface area contributed by atoms with Gasteiger partial charge in [-0.1, -0.05) is 12.1 Å². The molecule has 1 heterocycles. The van der Waals surface area contributed by atoms with Gasteiger partial charge in [0.1, 0.15) is 24.4 Å². The van der Waals surface area contributed by atoms with Crippen molar-refractivity contribution in [3.8, 4) is 23.0 Å². The summed E-state index contributed by atoms with van der Waals surface area (Å²) in [6.45, 7) is -0.217. The van der Waals surface area contributed by atoms with E-state index < -0.39 is 37.3 Å². The number of phenolic OH excluding ortho intramolecular Hbond substituents is 1. The molecule has 0 spiro atoms. The molecule has 6 N–H and O–H groups in total. The van der Waals surface area contributed by atoms with Crippen molar-refractivity contribution in [3.63, 3.8) is 0 Å². The highest BCUT2D eigenvalue weighted by Gasteiger charge is 2.44. The van der Waals surface area contributed by atoms with Gasteiger partial charge in [0.05, 0.1) is 20.8 Å². The minimum Gasteiger partial charge on any atom is -0.504 e. The smallest absolute Gasteiger partial charge is 0.244 e. The van der Waals surface area contributed by atoms with E-state index in [2.05, 4.69) is 5.32 Å². The monoisotopic (exact) mass is 505 g/mol. The maximum absolute atomic E-state index is 12.2. The first kappa shape index (κ1) is 27.2. The molecule has 0 bridgehead atoms. The first-order chi connectivity index (χ1) is 17.3. The molecule has 2 aromatic rings. The van der Waals surface area contributed by atoms with Crippen molar-refractivity contribution in [2.75, 3.05) is 27.4 Å². The number of hydrogen-bond acceptors (Lipinski definition) is 10. The topological polar surface area (TPSA) is 167 Å². The van der Waals surface area contributed by atoms with Crippen LogP contribution in [0.5, 0.6) is 23.0 Å². The molecule has 1 amide bonds. The quantitative estimate of drug-likeness (QED) is 0.241. The fourth-order valence-corrected chi connectivity index (χ4v) is 3.62. The van der Waals surface area contributed by atoms with Gasteiger partial charge >= 0.3 is 0 Å². The number of hydrogen-bond donors (Lipinski definition) is 6. The van der Waals surface area contributed by atoms with Crippen molar-refractivity contribution in [2.45, 2.75) is 37.1 Å². The van der Waals surface area contributed by atoms with E-state index in [0.717, 1.165) is 5.56 Å². The Morgan fingerprint density at radius 1 is 1.00 bits per heavy atom. The van der Waals surface area contributed by atoms with Crippen molar-refractivity contribution in [1.29, 1.82) is 0 Å². The van der Waals surface area contributed by atoms with Gasteiger partial charge in [-0.15, -0.1) is 0 Å². The van der Waals surface area contributed by atoms with Gasteiger partial charge in [-0.3, -0.25) is 4.79 Å². The number of carbonyl (C=O) groups is 1. The summed E-state index contributed by atoms with van der Waals surface area (Å²) in [5, 5.41) is 51.9. The third kappa shape index (κ3) is 6.65. The Labute approximate surface area is 208 Å². The van der Waals surface area contributed by atoms with Gasteiger partial charge < -0.3 is 49.8 Å². The summed E-state index contributed by atoms with van der Waals surface area (Å²) in [4.78, 5) is 12.2. The summed E-state index contributed by atoms with van der Waals surface area (Å²) in [6.07, 6.45) is -3.72. The molecule has 0 unspecified atom stereocenters. The molecule has 2 aromatic carbocycles. The van der Waals surface area contributed by atoms with E-state index in [1.807, 2.05) is 0 Å². The number of aliphatic hydroxyl groups is 4. The van der Waals surface area contributed by atoms with Crippen LogP contribution in [0, 0.1) is 0 Å². The Bertz CT molecular complexity index is 1060. The third-order valence-corrected chi connectivity index (χ3v) is 5.66. The van der Waals surface area contributed by atoms with Crippen molar-refractivity contribution >= 4 is 12.0 Å². The average Bonchev–Trinajstić information content (AvgIpc) is 2.88. The maximum Gasteiger partial charge on any atom is 0.244 e. The van der Waals surface area contributed by atoms with Gasteiger partial charge in [-0.05, 0) is 47.9 Å². The van der Waals surface area contributed by atoms with Crippen LogP contribution in [0.25, 0.3) is 6.08 Å². The van der Waals surface area contributed by atoms with Crippen LogP contribution in [0.3, 0.4) is 0 Å². The second-order valence-corrected chi connectivity index (χ2v) is 8.11.